The second-order valence-electron chi connectivity index (χ2n) is 4.08. The number of nitrogens with zero attached hydrogens (tertiary/aromatic N) is 1. The largest absolute Gasteiger partial charge is 0.496 e. The molecule has 1 rings (SSSR count). The van der Waals surface area contributed by atoms with E-state index in [0.29, 0.717) is 29.5 Å². The zero-order valence-corrected chi connectivity index (χ0v) is 12.7. The molecule has 1 aromatic rings. The smallest absolute Gasteiger partial charge is 0.257 e. The number of amides is 1. The molecule has 0 fully saturated rings. The highest BCUT2D eigenvalue weighted by atomic mass is 35.5. The summed E-state index contributed by atoms with van der Waals surface area (Å²) in [7, 11) is 4.75. The van der Waals surface area contributed by atoms with Gasteiger partial charge in [-0.25, -0.2) is 0 Å². The molecule has 1 amide bonds. The Morgan fingerprint density at radius 3 is 2.68 bits per heavy atom. The molecule has 0 aliphatic heterocycles. The van der Waals surface area contributed by atoms with Gasteiger partial charge in [-0.15, -0.1) is 11.6 Å². The van der Waals surface area contributed by atoms with Gasteiger partial charge in [-0.3, -0.25) is 4.79 Å². The SMILES string of the molecule is COCC(Cl)CN(C)C(=O)c1ccc(Cl)cc1OC. The molecule has 0 aliphatic carbocycles. The van der Waals surface area contributed by atoms with Gasteiger partial charge in [0.2, 0.25) is 0 Å². The third-order valence-electron chi connectivity index (χ3n) is 2.56. The Labute approximate surface area is 123 Å². The van der Waals surface area contributed by atoms with Gasteiger partial charge in [-0.2, -0.15) is 0 Å². The van der Waals surface area contributed by atoms with E-state index in [2.05, 4.69) is 0 Å². The predicted molar refractivity (Wildman–Crippen MR) is 76.5 cm³/mol. The van der Waals surface area contributed by atoms with Crippen LogP contribution in [0.1, 0.15) is 10.4 Å². The number of carbonyl (C=O) groups is 1. The van der Waals surface area contributed by atoms with Crippen LogP contribution < -0.4 is 4.74 Å². The van der Waals surface area contributed by atoms with Crippen LogP contribution in [0, 0.1) is 0 Å². The van der Waals surface area contributed by atoms with Gasteiger partial charge < -0.3 is 14.4 Å². The Bertz CT molecular complexity index is 440. The Balaban J connectivity index is 2.82. The van der Waals surface area contributed by atoms with Crippen LogP contribution in [0.15, 0.2) is 18.2 Å². The van der Waals surface area contributed by atoms with Crippen molar-refractivity contribution in [2.24, 2.45) is 0 Å². The molecular formula is C13H17Cl2NO3. The lowest BCUT2D eigenvalue weighted by Gasteiger charge is -2.21. The third-order valence-corrected chi connectivity index (χ3v) is 3.06. The molecule has 106 valence electrons. The lowest BCUT2D eigenvalue weighted by atomic mass is 10.1. The van der Waals surface area contributed by atoms with Gasteiger partial charge in [-0.05, 0) is 18.2 Å². The maximum atomic E-state index is 12.3. The van der Waals surface area contributed by atoms with E-state index < -0.39 is 0 Å². The molecule has 6 heteroatoms. The summed E-state index contributed by atoms with van der Waals surface area (Å²) >= 11 is 11.9. The Kier molecular flexibility index (Phi) is 6.42. The summed E-state index contributed by atoms with van der Waals surface area (Å²) in [6, 6.07) is 4.90. The summed E-state index contributed by atoms with van der Waals surface area (Å²) in [6.45, 7) is 0.775. The van der Waals surface area contributed by atoms with Gasteiger partial charge >= 0.3 is 0 Å². The molecule has 1 unspecified atom stereocenters. The van der Waals surface area contributed by atoms with E-state index in [1.165, 1.54) is 12.0 Å². The molecule has 0 aromatic heterocycles. The van der Waals surface area contributed by atoms with Gasteiger partial charge in [0.15, 0.2) is 0 Å². The number of methoxy groups -OCH3 is 2. The first-order valence-electron chi connectivity index (χ1n) is 5.71. The second kappa shape index (κ2) is 7.58. The van der Waals surface area contributed by atoms with Gasteiger partial charge in [0.25, 0.3) is 5.91 Å². The molecule has 0 aliphatic rings. The van der Waals surface area contributed by atoms with Crippen LogP contribution in [-0.4, -0.2) is 50.6 Å². The minimum atomic E-state index is -0.253. The van der Waals surface area contributed by atoms with Crippen molar-refractivity contribution in [1.82, 2.24) is 4.90 Å². The average Bonchev–Trinajstić information content (AvgIpc) is 2.37. The van der Waals surface area contributed by atoms with Crippen molar-refractivity contribution in [1.29, 1.82) is 0 Å². The average molecular weight is 306 g/mol. The summed E-state index contributed by atoms with van der Waals surface area (Å²) in [5.74, 6) is 0.275. The summed E-state index contributed by atoms with van der Waals surface area (Å²) in [6.07, 6.45) is 0. The zero-order valence-electron chi connectivity index (χ0n) is 11.2. The first kappa shape index (κ1) is 16.1. The molecule has 1 aromatic carbocycles. The molecule has 0 N–H and O–H groups in total. The van der Waals surface area contributed by atoms with Gasteiger partial charge in [0.05, 0.1) is 24.7 Å². The van der Waals surface area contributed by atoms with Crippen molar-refractivity contribution >= 4 is 29.1 Å². The van der Waals surface area contributed by atoms with Crippen molar-refractivity contribution in [3.8, 4) is 5.75 Å². The molecule has 4 nitrogen and oxygen atoms in total. The van der Waals surface area contributed by atoms with E-state index in [0.717, 1.165) is 0 Å². The van der Waals surface area contributed by atoms with Crippen molar-refractivity contribution in [2.75, 3.05) is 34.4 Å². The summed E-state index contributed by atoms with van der Waals surface area (Å²) in [4.78, 5) is 13.8. The summed E-state index contributed by atoms with van der Waals surface area (Å²) in [5.41, 5.74) is 0.454. The molecule has 1 atom stereocenters. The first-order valence-corrected chi connectivity index (χ1v) is 6.53. The number of ether oxygens (including phenoxy) is 2. The maximum absolute atomic E-state index is 12.3. The van der Waals surface area contributed by atoms with E-state index in [-0.39, 0.29) is 11.3 Å². The topological polar surface area (TPSA) is 38.8 Å². The van der Waals surface area contributed by atoms with E-state index in [9.17, 15) is 4.79 Å². The van der Waals surface area contributed by atoms with Crippen molar-refractivity contribution in [2.45, 2.75) is 5.38 Å². The Morgan fingerprint density at radius 2 is 2.11 bits per heavy atom. The number of benzene rings is 1. The van der Waals surface area contributed by atoms with Crippen LogP contribution in [0.4, 0.5) is 0 Å². The second-order valence-corrected chi connectivity index (χ2v) is 5.14. The lowest BCUT2D eigenvalue weighted by molar-refractivity contribution is 0.0778. The fourth-order valence-corrected chi connectivity index (χ4v) is 2.16. The van der Waals surface area contributed by atoms with Gasteiger partial charge in [-0.1, -0.05) is 11.6 Å². The fraction of sp³-hybridized carbons (Fsp3) is 0.462. The zero-order chi connectivity index (χ0) is 14.4. The highest BCUT2D eigenvalue weighted by Crippen LogP contribution is 2.24. The Morgan fingerprint density at radius 1 is 1.42 bits per heavy atom. The number of hydrogen-bond acceptors (Lipinski definition) is 3. The third kappa shape index (κ3) is 4.56. The van der Waals surface area contributed by atoms with E-state index in [1.54, 1.807) is 32.4 Å². The number of rotatable bonds is 6. The van der Waals surface area contributed by atoms with E-state index >= 15 is 0 Å². The van der Waals surface area contributed by atoms with Crippen molar-refractivity contribution < 1.29 is 14.3 Å². The van der Waals surface area contributed by atoms with Crippen LogP contribution in [-0.2, 0) is 4.74 Å². The minimum absolute atomic E-state index is 0.171. The van der Waals surface area contributed by atoms with Crippen LogP contribution in [0.5, 0.6) is 5.75 Å². The summed E-state index contributed by atoms with van der Waals surface area (Å²) in [5, 5.41) is 0.267. The maximum Gasteiger partial charge on any atom is 0.257 e. The summed E-state index contributed by atoms with van der Waals surface area (Å²) < 4.78 is 10.1. The molecule has 19 heavy (non-hydrogen) atoms. The molecule has 0 heterocycles. The number of hydrogen-bond donors (Lipinski definition) is 0. The molecular weight excluding hydrogens is 289 g/mol. The van der Waals surface area contributed by atoms with Crippen LogP contribution in [0.25, 0.3) is 0 Å². The molecule has 0 spiro atoms. The van der Waals surface area contributed by atoms with E-state index in [1.807, 2.05) is 0 Å². The quantitative estimate of drug-likeness (QED) is 0.759. The van der Waals surface area contributed by atoms with Crippen LogP contribution in [0.2, 0.25) is 5.02 Å². The Hall–Kier alpha value is -0.970. The van der Waals surface area contributed by atoms with Crippen molar-refractivity contribution in [3.05, 3.63) is 28.8 Å². The van der Waals surface area contributed by atoms with Crippen LogP contribution in [0.3, 0.4) is 0 Å². The number of alkyl halides is 1. The van der Waals surface area contributed by atoms with Gasteiger partial charge in [0, 0.05) is 25.7 Å². The molecule has 0 radical (unpaired) electrons. The van der Waals surface area contributed by atoms with Gasteiger partial charge in [0.1, 0.15) is 5.75 Å². The highest BCUT2D eigenvalue weighted by Gasteiger charge is 2.19. The fourth-order valence-electron chi connectivity index (χ4n) is 1.66. The standard InChI is InChI=1S/C13H17Cl2NO3/c1-16(7-10(15)8-18-2)13(17)11-5-4-9(14)6-12(11)19-3/h4-6,10H,7-8H2,1-3H3. The predicted octanol–water partition coefficient (Wildman–Crippen LogP) is 2.67. The molecule has 0 saturated carbocycles. The molecule has 0 bridgehead atoms. The number of halogens is 2. The monoisotopic (exact) mass is 305 g/mol. The van der Waals surface area contributed by atoms with E-state index in [4.69, 9.17) is 32.7 Å². The number of carbonyl (C=O) groups excluding carboxylic acids is 1. The van der Waals surface area contributed by atoms with Crippen LogP contribution >= 0.6 is 23.2 Å². The molecule has 0 saturated heterocycles. The minimum Gasteiger partial charge on any atom is -0.496 e. The normalized spacial score (nSPS) is 12.1. The first-order chi connectivity index (χ1) is 8.99. The highest BCUT2D eigenvalue weighted by molar-refractivity contribution is 6.30. The lowest BCUT2D eigenvalue weighted by Crippen LogP contribution is -2.34. The van der Waals surface area contributed by atoms with Crippen molar-refractivity contribution in [3.63, 3.8) is 0 Å².